The standard InChI is InChI=1S/C14H12O3/c1-10-6-7-11(17-10)8-9-14(16)12-4-2-3-5-13(12)15/h2-9,15H,1H3. The number of phenols is 1. The lowest BCUT2D eigenvalue weighted by molar-refractivity contribution is 0.104. The first-order valence-corrected chi connectivity index (χ1v) is 5.23. The van der Waals surface area contributed by atoms with Crippen LogP contribution in [0.3, 0.4) is 0 Å². The van der Waals surface area contributed by atoms with Gasteiger partial charge in [-0.25, -0.2) is 0 Å². The Kier molecular flexibility index (Phi) is 3.10. The number of aryl methyl sites for hydroxylation is 1. The van der Waals surface area contributed by atoms with Gasteiger partial charge in [-0.2, -0.15) is 0 Å². The number of carbonyl (C=O) groups excluding carboxylic acids is 1. The van der Waals surface area contributed by atoms with Crippen LogP contribution in [0.25, 0.3) is 6.08 Å². The number of aromatic hydroxyl groups is 1. The van der Waals surface area contributed by atoms with Gasteiger partial charge >= 0.3 is 0 Å². The number of furan rings is 1. The molecule has 2 rings (SSSR count). The van der Waals surface area contributed by atoms with E-state index in [1.165, 1.54) is 12.1 Å². The molecule has 0 unspecified atom stereocenters. The summed E-state index contributed by atoms with van der Waals surface area (Å²) in [7, 11) is 0. The highest BCUT2D eigenvalue weighted by Gasteiger charge is 2.06. The van der Waals surface area contributed by atoms with Gasteiger partial charge in [-0.3, -0.25) is 4.79 Å². The van der Waals surface area contributed by atoms with Crippen molar-refractivity contribution >= 4 is 11.9 Å². The van der Waals surface area contributed by atoms with Crippen LogP contribution in [-0.4, -0.2) is 10.9 Å². The first-order valence-electron chi connectivity index (χ1n) is 5.23. The largest absolute Gasteiger partial charge is 0.507 e. The number of rotatable bonds is 3. The lowest BCUT2D eigenvalue weighted by Crippen LogP contribution is -1.93. The van der Waals surface area contributed by atoms with E-state index in [2.05, 4.69) is 0 Å². The molecular weight excluding hydrogens is 216 g/mol. The van der Waals surface area contributed by atoms with E-state index in [0.717, 1.165) is 5.76 Å². The lowest BCUT2D eigenvalue weighted by Gasteiger charge is -1.98. The minimum atomic E-state index is -0.253. The van der Waals surface area contributed by atoms with E-state index in [9.17, 15) is 9.90 Å². The molecule has 2 aromatic rings. The molecular formula is C14H12O3. The SMILES string of the molecule is Cc1ccc(C=CC(=O)c2ccccc2O)o1. The topological polar surface area (TPSA) is 50.4 Å². The fourth-order valence-electron chi connectivity index (χ4n) is 1.47. The number of phenolic OH excluding ortho intramolecular Hbond substituents is 1. The van der Waals surface area contributed by atoms with Crippen molar-refractivity contribution < 1.29 is 14.3 Å². The summed E-state index contributed by atoms with van der Waals surface area (Å²) in [6.07, 6.45) is 2.97. The van der Waals surface area contributed by atoms with Crippen LogP contribution in [0, 0.1) is 6.92 Å². The minimum Gasteiger partial charge on any atom is -0.507 e. The Bertz CT molecular complexity index is 564. The van der Waals surface area contributed by atoms with E-state index in [1.807, 2.05) is 13.0 Å². The zero-order valence-electron chi connectivity index (χ0n) is 9.38. The molecule has 0 bridgehead atoms. The van der Waals surface area contributed by atoms with Gasteiger partial charge in [0.2, 0.25) is 0 Å². The highest BCUT2D eigenvalue weighted by Crippen LogP contribution is 2.17. The minimum absolute atomic E-state index is 0.0159. The van der Waals surface area contributed by atoms with Gasteiger partial charge in [0.05, 0.1) is 5.56 Å². The van der Waals surface area contributed by atoms with Crippen molar-refractivity contribution in [3.05, 3.63) is 59.6 Å². The van der Waals surface area contributed by atoms with Crippen LogP contribution in [-0.2, 0) is 0 Å². The van der Waals surface area contributed by atoms with Gasteiger partial charge in [0.1, 0.15) is 17.3 Å². The summed E-state index contributed by atoms with van der Waals surface area (Å²) in [5.41, 5.74) is 0.284. The van der Waals surface area contributed by atoms with E-state index < -0.39 is 0 Å². The molecule has 0 fully saturated rings. The molecule has 0 aliphatic heterocycles. The quantitative estimate of drug-likeness (QED) is 0.648. The van der Waals surface area contributed by atoms with Crippen molar-refractivity contribution in [1.29, 1.82) is 0 Å². The Morgan fingerprint density at radius 1 is 1.24 bits per heavy atom. The van der Waals surface area contributed by atoms with Crippen molar-refractivity contribution in [2.75, 3.05) is 0 Å². The smallest absolute Gasteiger partial charge is 0.189 e. The van der Waals surface area contributed by atoms with Gasteiger partial charge in [-0.15, -0.1) is 0 Å². The number of hydrogen-bond donors (Lipinski definition) is 1. The second-order valence-electron chi connectivity index (χ2n) is 3.66. The summed E-state index contributed by atoms with van der Waals surface area (Å²) in [4.78, 5) is 11.8. The number of benzene rings is 1. The van der Waals surface area contributed by atoms with Crippen molar-refractivity contribution in [2.24, 2.45) is 0 Å². The molecule has 1 aromatic carbocycles. The Balaban J connectivity index is 2.17. The molecule has 0 saturated carbocycles. The lowest BCUT2D eigenvalue weighted by atomic mass is 10.1. The molecule has 0 aliphatic rings. The molecule has 1 N–H and O–H groups in total. The molecule has 17 heavy (non-hydrogen) atoms. The Morgan fingerprint density at radius 3 is 2.65 bits per heavy atom. The summed E-state index contributed by atoms with van der Waals surface area (Å²) in [5.74, 6) is 1.14. The predicted molar refractivity (Wildman–Crippen MR) is 64.9 cm³/mol. The summed E-state index contributed by atoms with van der Waals surface area (Å²) in [5, 5.41) is 9.50. The van der Waals surface area contributed by atoms with E-state index in [0.29, 0.717) is 5.76 Å². The van der Waals surface area contributed by atoms with Gasteiger partial charge in [0, 0.05) is 0 Å². The van der Waals surface area contributed by atoms with Gasteiger partial charge in [0.15, 0.2) is 5.78 Å². The van der Waals surface area contributed by atoms with Gasteiger partial charge in [0.25, 0.3) is 0 Å². The number of carbonyl (C=O) groups is 1. The summed E-state index contributed by atoms with van der Waals surface area (Å²) >= 11 is 0. The summed E-state index contributed by atoms with van der Waals surface area (Å²) in [6.45, 7) is 1.84. The molecule has 0 radical (unpaired) electrons. The number of hydrogen-bond acceptors (Lipinski definition) is 3. The monoisotopic (exact) mass is 228 g/mol. The van der Waals surface area contributed by atoms with Crippen molar-refractivity contribution in [1.82, 2.24) is 0 Å². The average Bonchev–Trinajstić information content (AvgIpc) is 2.73. The molecule has 0 saturated heterocycles. The van der Waals surface area contributed by atoms with E-state index in [4.69, 9.17) is 4.42 Å². The first-order chi connectivity index (χ1) is 8.16. The number of allylic oxidation sites excluding steroid dienone is 1. The zero-order chi connectivity index (χ0) is 12.3. The molecule has 0 aliphatic carbocycles. The van der Waals surface area contributed by atoms with Gasteiger partial charge in [-0.05, 0) is 43.3 Å². The van der Waals surface area contributed by atoms with Gasteiger partial charge < -0.3 is 9.52 Å². The van der Waals surface area contributed by atoms with Crippen LogP contribution >= 0.6 is 0 Å². The molecule has 3 heteroatoms. The molecule has 3 nitrogen and oxygen atoms in total. The van der Waals surface area contributed by atoms with E-state index >= 15 is 0 Å². The third-order valence-corrected chi connectivity index (χ3v) is 2.33. The normalized spacial score (nSPS) is 10.9. The molecule has 1 aromatic heterocycles. The fraction of sp³-hybridized carbons (Fsp3) is 0.0714. The average molecular weight is 228 g/mol. The maximum atomic E-state index is 11.8. The predicted octanol–water partition coefficient (Wildman–Crippen LogP) is 3.19. The maximum absolute atomic E-state index is 11.8. The highest BCUT2D eigenvalue weighted by molar-refractivity contribution is 6.08. The maximum Gasteiger partial charge on any atom is 0.189 e. The fourth-order valence-corrected chi connectivity index (χ4v) is 1.47. The third kappa shape index (κ3) is 2.64. The Hall–Kier alpha value is -2.29. The first kappa shape index (κ1) is 11.2. The van der Waals surface area contributed by atoms with Gasteiger partial charge in [-0.1, -0.05) is 12.1 Å². The second kappa shape index (κ2) is 4.70. The summed E-state index contributed by atoms with van der Waals surface area (Å²) < 4.78 is 5.30. The molecule has 1 heterocycles. The van der Waals surface area contributed by atoms with Crippen molar-refractivity contribution in [3.63, 3.8) is 0 Å². The number of para-hydroxylation sites is 1. The Labute approximate surface area is 99.0 Å². The van der Waals surface area contributed by atoms with E-state index in [1.54, 1.807) is 30.3 Å². The van der Waals surface area contributed by atoms with Crippen LogP contribution < -0.4 is 0 Å². The van der Waals surface area contributed by atoms with Crippen LogP contribution in [0.5, 0.6) is 5.75 Å². The molecule has 0 spiro atoms. The molecule has 86 valence electrons. The third-order valence-electron chi connectivity index (χ3n) is 2.33. The summed E-state index contributed by atoms with van der Waals surface area (Å²) in [6, 6.07) is 10.0. The number of ketones is 1. The second-order valence-corrected chi connectivity index (χ2v) is 3.66. The highest BCUT2D eigenvalue weighted by atomic mass is 16.3. The van der Waals surface area contributed by atoms with Crippen molar-refractivity contribution in [2.45, 2.75) is 6.92 Å². The van der Waals surface area contributed by atoms with Crippen LogP contribution in [0.1, 0.15) is 21.9 Å². The van der Waals surface area contributed by atoms with Crippen LogP contribution in [0.15, 0.2) is 46.9 Å². The van der Waals surface area contributed by atoms with Crippen molar-refractivity contribution in [3.8, 4) is 5.75 Å². The Morgan fingerprint density at radius 2 is 2.00 bits per heavy atom. The molecule has 0 atom stereocenters. The van der Waals surface area contributed by atoms with Crippen LogP contribution in [0.4, 0.5) is 0 Å². The molecule has 0 amide bonds. The van der Waals surface area contributed by atoms with Crippen LogP contribution in [0.2, 0.25) is 0 Å². The zero-order valence-corrected chi connectivity index (χ0v) is 9.38. The van der Waals surface area contributed by atoms with E-state index in [-0.39, 0.29) is 17.1 Å².